The van der Waals surface area contributed by atoms with Crippen LogP contribution in [0.5, 0.6) is 0 Å². The highest BCUT2D eigenvalue weighted by Gasteiger charge is 2.23. The highest BCUT2D eigenvalue weighted by molar-refractivity contribution is 9.10. The Morgan fingerprint density at radius 2 is 2.06 bits per heavy atom. The van der Waals surface area contributed by atoms with Crippen molar-refractivity contribution in [2.24, 2.45) is 5.92 Å². The molecule has 1 nitrogen and oxygen atoms in total. The summed E-state index contributed by atoms with van der Waals surface area (Å²) in [5, 5.41) is 3.52. The molecule has 1 aliphatic rings. The highest BCUT2D eigenvalue weighted by Crippen LogP contribution is 2.26. The van der Waals surface area contributed by atoms with Gasteiger partial charge in [-0.25, -0.2) is 4.39 Å². The van der Waals surface area contributed by atoms with Crippen LogP contribution in [0.2, 0.25) is 0 Å². The van der Waals surface area contributed by atoms with E-state index in [0.29, 0.717) is 24.4 Å². The van der Waals surface area contributed by atoms with Gasteiger partial charge >= 0.3 is 0 Å². The van der Waals surface area contributed by atoms with Crippen LogP contribution in [0.1, 0.15) is 31.2 Å². The van der Waals surface area contributed by atoms with Crippen LogP contribution in [0.25, 0.3) is 0 Å². The number of nitrogens with one attached hydrogen (secondary N) is 1. The van der Waals surface area contributed by atoms with Gasteiger partial charge in [-0.05, 0) is 42.5 Å². The topological polar surface area (TPSA) is 12.0 Å². The summed E-state index contributed by atoms with van der Waals surface area (Å²) in [6.45, 7) is 0.703. The molecule has 0 aliphatic heterocycles. The van der Waals surface area contributed by atoms with Crippen LogP contribution >= 0.6 is 27.5 Å². The third-order valence-corrected chi connectivity index (χ3v) is 4.45. The van der Waals surface area contributed by atoms with Gasteiger partial charge in [0.25, 0.3) is 0 Å². The Balaban J connectivity index is 1.93. The summed E-state index contributed by atoms with van der Waals surface area (Å²) < 4.78 is 14.0. The van der Waals surface area contributed by atoms with Crippen LogP contribution < -0.4 is 5.32 Å². The Labute approximate surface area is 121 Å². The second-order valence-corrected chi connectivity index (χ2v) is 6.19. The van der Waals surface area contributed by atoms with Crippen LogP contribution in [0.3, 0.4) is 0 Å². The number of alkyl halides is 1. The summed E-state index contributed by atoms with van der Waals surface area (Å²) in [5.41, 5.74) is 0.973. The molecule has 0 heterocycles. The van der Waals surface area contributed by atoms with Crippen LogP contribution in [-0.2, 0) is 6.54 Å². The molecule has 18 heavy (non-hydrogen) atoms. The van der Waals surface area contributed by atoms with Crippen molar-refractivity contribution in [3.8, 4) is 0 Å². The largest absolute Gasteiger partial charge is 0.310 e. The van der Waals surface area contributed by atoms with Crippen molar-refractivity contribution in [2.75, 3.05) is 5.88 Å². The zero-order valence-electron chi connectivity index (χ0n) is 10.3. The fourth-order valence-electron chi connectivity index (χ4n) is 2.62. The maximum absolute atomic E-state index is 13.3. The first-order valence-corrected chi connectivity index (χ1v) is 7.76. The molecular weight excluding hydrogens is 317 g/mol. The Morgan fingerprint density at radius 3 is 2.78 bits per heavy atom. The molecule has 4 heteroatoms. The molecule has 1 fully saturated rings. The van der Waals surface area contributed by atoms with Crippen molar-refractivity contribution in [2.45, 2.75) is 38.3 Å². The molecule has 1 aromatic carbocycles. The lowest BCUT2D eigenvalue weighted by molar-refractivity contribution is 0.282. The van der Waals surface area contributed by atoms with E-state index in [1.165, 1.54) is 31.7 Å². The van der Waals surface area contributed by atoms with E-state index >= 15 is 0 Å². The molecule has 1 saturated carbocycles. The van der Waals surface area contributed by atoms with E-state index in [1.54, 1.807) is 6.07 Å². The van der Waals surface area contributed by atoms with E-state index in [1.807, 2.05) is 6.07 Å². The molecule has 0 spiro atoms. The average Bonchev–Trinajstić information content (AvgIpc) is 2.35. The van der Waals surface area contributed by atoms with Crippen molar-refractivity contribution in [1.82, 2.24) is 5.32 Å². The number of halogens is 3. The van der Waals surface area contributed by atoms with Gasteiger partial charge in [0.1, 0.15) is 5.82 Å². The molecule has 0 aromatic heterocycles. The molecule has 100 valence electrons. The standard InChI is InChI=1S/C14H18BrClFN/c15-12-5-10(6-13(17)7-12)9-18-14-4-2-1-3-11(14)8-16/h5-7,11,14,18H,1-4,8-9H2. The van der Waals surface area contributed by atoms with Gasteiger partial charge < -0.3 is 5.32 Å². The van der Waals surface area contributed by atoms with Crippen LogP contribution in [0.15, 0.2) is 22.7 Å². The molecule has 2 atom stereocenters. The first kappa shape index (κ1) is 14.3. The minimum Gasteiger partial charge on any atom is -0.310 e. The van der Waals surface area contributed by atoms with Gasteiger partial charge in [0.15, 0.2) is 0 Å². The van der Waals surface area contributed by atoms with E-state index in [0.717, 1.165) is 10.0 Å². The van der Waals surface area contributed by atoms with Gasteiger partial charge in [0, 0.05) is 22.9 Å². The zero-order valence-corrected chi connectivity index (χ0v) is 12.6. The molecule has 1 aliphatic carbocycles. The quantitative estimate of drug-likeness (QED) is 0.801. The maximum Gasteiger partial charge on any atom is 0.124 e. The lowest BCUT2D eigenvalue weighted by Crippen LogP contribution is -2.38. The minimum atomic E-state index is -0.196. The van der Waals surface area contributed by atoms with Crippen molar-refractivity contribution >= 4 is 27.5 Å². The SMILES string of the molecule is Fc1cc(Br)cc(CNC2CCCCC2CCl)c1. The predicted octanol–water partition coefficient (Wildman–Crippen LogP) is 4.48. The Morgan fingerprint density at radius 1 is 1.28 bits per heavy atom. The Kier molecular flexibility index (Phi) is 5.46. The molecule has 0 bridgehead atoms. The fraction of sp³-hybridized carbons (Fsp3) is 0.571. The Bertz CT molecular complexity index is 379. The van der Waals surface area contributed by atoms with Crippen molar-refractivity contribution in [3.63, 3.8) is 0 Å². The average molecular weight is 335 g/mol. The van der Waals surface area contributed by atoms with Crippen molar-refractivity contribution in [3.05, 3.63) is 34.1 Å². The summed E-state index contributed by atoms with van der Waals surface area (Å²) in [7, 11) is 0. The van der Waals surface area contributed by atoms with E-state index in [4.69, 9.17) is 11.6 Å². The lowest BCUT2D eigenvalue weighted by atomic mass is 9.85. The third kappa shape index (κ3) is 3.94. The van der Waals surface area contributed by atoms with Gasteiger partial charge in [-0.2, -0.15) is 0 Å². The minimum absolute atomic E-state index is 0.196. The summed E-state index contributed by atoms with van der Waals surface area (Å²) in [6, 6.07) is 5.48. The van der Waals surface area contributed by atoms with Gasteiger partial charge in [0.2, 0.25) is 0 Å². The van der Waals surface area contributed by atoms with Crippen molar-refractivity contribution < 1.29 is 4.39 Å². The normalized spacial score (nSPS) is 24.2. The highest BCUT2D eigenvalue weighted by atomic mass is 79.9. The fourth-order valence-corrected chi connectivity index (χ4v) is 3.51. The molecular formula is C14H18BrClFN. The molecule has 2 unspecified atom stereocenters. The van der Waals surface area contributed by atoms with Gasteiger partial charge in [-0.1, -0.05) is 28.8 Å². The summed E-state index contributed by atoms with van der Waals surface area (Å²) in [4.78, 5) is 0. The number of hydrogen-bond acceptors (Lipinski definition) is 1. The third-order valence-electron chi connectivity index (χ3n) is 3.60. The van der Waals surface area contributed by atoms with Gasteiger partial charge in [-0.3, -0.25) is 0 Å². The van der Waals surface area contributed by atoms with Crippen LogP contribution in [0, 0.1) is 11.7 Å². The molecule has 1 aromatic rings. The molecule has 2 rings (SSSR count). The smallest absolute Gasteiger partial charge is 0.124 e. The van der Waals surface area contributed by atoms with E-state index in [9.17, 15) is 4.39 Å². The van der Waals surface area contributed by atoms with Crippen LogP contribution in [-0.4, -0.2) is 11.9 Å². The molecule has 0 saturated heterocycles. The number of benzene rings is 1. The van der Waals surface area contributed by atoms with E-state index in [-0.39, 0.29) is 5.82 Å². The van der Waals surface area contributed by atoms with Gasteiger partial charge in [-0.15, -0.1) is 11.6 Å². The van der Waals surface area contributed by atoms with Crippen molar-refractivity contribution in [1.29, 1.82) is 0 Å². The van der Waals surface area contributed by atoms with Crippen LogP contribution in [0.4, 0.5) is 4.39 Å². The summed E-state index contributed by atoms with van der Waals surface area (Å²) in [6.07, 6.45) is 4.92. The first-order valence-electron chi connectivity index (χ1n) is 6.43. The maximum atomic E-state index is 13.3. The zero-order chi connectivity index (χ0) is 13.0. The molecule has 1 N–H and O–H groups in total. The molecule has 0 radical (unpaired) electrons. The predicted molar refractivity (Wildman–Crippen MR) is 77.4 cm³/mol. The number of hydrogen-bond donors (Lipinski definition) is 1. The number of rotatable bonds is 4. The van der Waals surface area contributed by atoms with E-state index < -0.39 is 0 Å². The lowest BCUT2D eigenvalue weighted by Gasteiger charge is -2.31. The molecule has 0 amide bonds. The summed E-state index contributed by atoms with van der Waals surface area (Å²) in [5.74, 6) is 1.07. The van der Waals surface area contributed by atoms with E-state index in [2.05, 4.69) is 21.2 Å². The second-order valence-electron chi connectivity index (χ2n) is 4.96. The monoisotopic (exact) mass is 333 g/mol. The second kappa shape index (κ2) is 6.88. The Hall–Kier alpha value is -0.120. The first-order chi connectivity index (χ1) is 8.69. The van der Waals surface area contributed by atoms with Gasteiger partial charge in [0.05, 0.1) is 0 Å². The summed E-state index contributed by atoms with van der Waals surface area (Å²) >= 11 is 9.32.